The van der Waals surface area contributed by atoms with E-state index in [1.807, 2.05) is 60.7 Å². The molecule has 4 aromatic rings. The van der Waals surface area contributed by atoms with Crippen LogP contribution in [0.25, 0.3) is 5.69 Å². The van der Waals surface area contributed by atoms with E-state index in [-0.39, 0.29) is 18.4 Å². The summed E-state index contributed by atoms with van der Waals surface area (Å²) in [5, 5.41) is 21.7. The zero-order valence-electron chi connectivity index (χ0n) is 32.3. The van der Waals surface area contributed by atoms with E-state index in [9.17, 15) is 9.59 Å². The molecule has 1 fully saturated rings. The van der Waals surface area contributed by atoms with Crippen molar-refractivity contribution < 1.29 is 14.3 Å². The first kappa shape index (κ1) is 40.1. The minimum Gasteiger partial charge on any atom is -0.0167 e. The van der Waals surface area contributed by atoms with Gasteiger partial charge in [0, 0.05) is 0 Å². The number of hydrogen-bond acceptors (Lipinski definition) is 8. The van der Waals surface area contributed by atoms with Gasteiger partial charge in [0.15, 0.2) is 0 Å². The molecule has 3 aromatic carbocycles. The van der Waals surface area contributed by atoms with E-state index in [4.69, 9.17) is 9.84 Å². The van der Waals surface area contributed by atoms with Gasteiger partial charge in [-0.25, -0.2) is 0 Å². The second-order valence-electron chi connectivity index (χ2n) is 14.5. The van der Waals surface area contributed by atoms with Crippen molar-refractivity contribution in [3.63, 3.8) is 0 Å². The molecule has 3 heterocycles. The molecule has 11 nitrogen and oxygen atoms in total. The van der Waals surface area contributed by atoms with Crippen LogP contribution in [0.2, 0.25) is 4.82 Å². The zero-order valence-corrected chi connectivity index (χ0v) is 34.0. The molecular formula is C43H56N8O3Se. The maximum atomic E-state index is 14.0. The maximum Gasteiger partial charge on any atom is -0.0167 e. The third-order valence-electron chi connectivity index (χ3n) is 10.2. The minimum atomic E-state index is -0.455. The van der Waals surface area contributed by atoms with Crippen molar-refractivity contribution in [2.75, 3.05) is 30.0 Å². The Labute approximate surface area is 332 Å². The van der Waals surface area contributed by atoms with Crippen LogP contribution in [0, 0.1) is 0 Å². The number of rotatable bonds is 22. The van der Waals surface area contributed by atoms with Crippen LogP contribution in [0.3, 0.4) is 0 Å². The number of nitrogens with zero attached hydrogens (tertiary/aromatic N) is 7. The smallest absolute Gasteiger partial charge is 0.0167 e. The van der Waals surface area contributed by atoms with E-state index in [0.29, 0.717) is 21.8 Å². The fourth-order valence-electron chi connectivity index (χ4n) is 7.15. The fourth-order valence-corrected chi connectivity index (χ4v) is 9.33. The molecule has 1 atom stereocenters. The van der Waals surface area contributed by atoms with E-state index in [1.54, 1.807) is 16.8 Å². The molecule has 2 aliphatic heterocycles. The maximum absolute atomic E-state index is 14.0. The number of carbonyl (C=O) groups excluding carboxylic acids is 2. The number of unbranched alkanes of at least 4 members (excludes halogenated alkanes) is 12. The number of anilines is 2. The van der Waals surface area contributed by atoms with Crippen molar-refractivity contribution in [3.8, 4) is 11.4 Å². The molecule has 2 amide bonds. The molecule has 1 saturated heterocycles. The Morgan fingerprint density at radius 3 is 2.16 bits per heavy atom. The molecule has 0 saturated carbocycles. The molecule has 12 heteroatoms. The second kappa shape index (κ2) is 21.5. The van der Waals surface area contributed by atoms with Crippen molar-refractivity contribution >= 4 is 48.7 Å². The van der Waals surface area contributed by atoms with E-state index >= 15 is 0 Å². The SMILES string of the molecule is CCCCCCCCCCCCCCCc1cccc(OCC(=O)Nc2ccc(N3N=C(N4CCCC4)C([Se]c4nnnn4-c4ccccc4)C3=O)cc2)c1. The number of amides is 2. The average molecular weight is 812 g/mol. The standard InChI is InChI=1S/C43H56N8O3Se/c1-2-3-4-5-6-7-8-9-10-11-12-13-15-21-34-22-20-25-38(32-34)54-33-39(52)44-35-26-28-37(29-27-35)50-42(53)40(41(46-50)49-30-18-19-31-49)55-43-45-47-48-51(43)36-23-16-14-17-24-36/h14,16-17,20,22-29,32,40H,2-13,15,18-19,21,30-31,33H2,1H3,(H,44,52). The minimum absolute atomic E-state index is 0.0930. The van der Waals surface area contributed by atoms with Gasteiger partial charge in [-0.1, -0.05) is 96.1 Å². The van der Waals surface area contributed by atoms with E-state index < -0.39 is 19.8 Å². The largest absolute Gasteiger partial charge is 0.0167 e. The van der Waals surface area contributed by atoms with Crippen LogP contribution in [0.1, 0.15) is 109 Å². The molecule has 55 heavy (non-hydrogen) atoms. The summed E-state index contributed by atoms with van der Waals surface area (Å²) < 4.78 is 8.23. The number of hydrogen-bond donors (Lipinski definition) is 1. The molecule has 0 bridgehead atoms. The number of para-hydroxylation sites is 1. The predicted molar refractivity (Wildman–Crippen MR) is 220 cm³/mol. The van der Waals surface area contributed by atoms with Gasteiger partial charge in [0.1, 0.15) is 0 Å². The zero-order chi connectivity index (χ0) is 38.1. The van der Waals surface area contributed by atoms with E-state index in [0.717, 1.165) is 43.9 Å². The van der Waals surface area contributed by atoms with E-state index in [1.165, 1.54) is 94.0 Å². The Bertz CT molecular complexity index is 1810. The first-order valence-corrected chi connectivity index (χ1v) is 22.2. The summed E-state index contributed by atoms with van der Waals surface area (Å²) >= 11 is -0.411. The molecule has 1 aromatic heterocycles. The topological polar surface area (TPSA) is 118 Å². The molecule has 0 aliphatic carbocycles. The third-order valence-corrected chi connectivity index (χ3v) is 12.5. The Morgan fingerprint density at radius 2 is 1.47 bits per heavy atom. The number of hydrazone groups is 1. The normalized spacial score (nSPS) is 15.5. The summed E-state index contributed by atoms with van der Waals surface area (Å²) in [6.45, 7) is 3.92. The number of tetrazole rings is 1. The van der Waals surface area contributed by atoms with Gasteiger partial charge in [0.05, 0.1) is 0 Å². The van der Waals surface area contributed by atoms with Crippen LogP contribution in [0.15, 0.2) is 84.0 Å². The Morgan fingerprint density at radius 1 is 0.800 bits per heavy atom. The van der Waals surface area contributed by atoms with Gasteiger partial charge in [-0.15, -0.1) is 0 Å². The first-order valence-electron chi connectivity index (χ1n) is 20.4. The van der Waals surface area contributed by atoms with Gasteiger partial charge < -0.3 is 0 Å². The van der Waals surface area contributed by atoms with Gasteiger partial charge in [-0.3, -0.25) is 0 Å². The molecule has 1 unspecified atom stereocenters. The number of aromatic nitrogens is 4. The van der Waals surface area contributed by atoms with Gasteiger partial charge in [-0.05, 0) is 30.5 Å². The van der Waals surface area contributed by atoms with Crippen molar-refractivity contribution in [2.45, 2.75) is 114 Å². The number of benzene rings is 3. The average Bonchev–Trinajstić information content (AvgIpc) is 3.99. The first-order chi connectivity index (χ1) is 27.1. The van der Waals surface area contributed by atoms with Gasteiger partial charge in [-0.2, -0.15) is 0 Å². The summed E-state index contributed by atoms with van der Waals surface area (Å²) in [7, 11) is 0. The molecule has 1 N–H and O–H groups in total. The summed E-state index contributed by atoms with van der Waals surface area (Å²) in [6.07, 6.45) is 20.7. The number of amidine groups is 1. The van der Waals surface area contributed by atoms with Crippen LogP contribution in [0.4, 0.5) is 11.4 Å². The summed E-state index contributed by atoms with van der Waals surface area (Å²) in [6, 6.07) is 25.0. The molecule has 0 radical (unpaired) electrons. The second-order valence-corrected chi connectivity index (χ2v) is 16.8. The fraction of sp³-hybridized carbons (Fsp3) is 0.488. The number of likely N-dealkylation sites (tertiary alicyclic amines) is 1. The van der Waals surface area contributed by atoms with Crippen LogP contribution in [0.5, 0.6) is 5.75 Å². The molecular weight excluding hydrogens is 755 g/mol. The summed E-state index contributed by atoms with van der Waals surface area (Å²) in [4.78, 5) is 28.6. The quantitative estimate of drug-likeness (QED) is 0.0634. The van der Waals surface area contributed by atoms with Crippen LogP contribution in [-0.4, -0.2) is 77.4 Å². The Kier molecular flexibility index (Phi) is 15.7. The summed E-state index contributed by atoms with van der Waals surface area (Å²) in [5.41, 5.74) is 3.34. The van der Waals surface area contributed by atoms with Crippen molar-refractivity contribution in [2.24, 2.45) is 5.10 Å². The van der Waals surface area contributed by atoms with Gasteiger partial charge >= 0.3 is 207 Å². The van der Waals surface area contributed by atoms with Crippen molar-refractivity contribution in [3.05, 3.63) is 84.4 Å². The Balaban J connectivity index is 0.935. The third kappa shape index (κ3) is 12.0. The molecule has 2 aliphatic rings. The van der Waals surface area contributed by atoms with Crippen LogP contribution in [-0.2, 0) is 16.0 Å². The number of ether oxygens (including phenoxy) is 1. The number of aryl methyl sites for hydroxylation is 1. The number of nitrogens with one attached hydrogen (secondary N) is 1. The van der Waals surface area contributed by atoms with Gasteiger partial charge in [0.25, 0.3) is 0 Å². The molecule has 0 spiro atoms. The van der Waals surface area contributed by atoms with Crippen LogP contribution < -0.4 is 19.8 Å². The van der Waals surface area contributed by atoms with E-state index in [2.05, 4.69) is 38.7 Å². The molecule has 6 rings (SSSR count). The monoisotopic (exact) mass is 812 g/mol. The summed E-state index contributed by atoms with van der Waals surface area (Å²) in [5.74, 6) is 1.12. The van der Waals surface area contributed by atoms with Gasteiger partial charge in [0.2, 0.25) is 0 Å². The Hall–Kier alpha value is -4.54. The predicted octanol–water partition coefficient (Wildman–Crippen LogP) is 7.89. The van der Waals surface area contributed by atoms with Crippen molar-refractivity contribution in [1.82, 2.24) is 25.1 Å². The van der Waals surface area contributed by atoms with Crippen molar-refractivity contribution in [1.29, 1.82) is 0 Å². The molecule has 292 valence electrons. The number of carbonyl (C=O) groups is 2. The van der Waals surface area contributed by atoms with Crippen LogP contribution >= 0.6 is 0 Å².